The lowest BCUT2D eigenvalue weighted by atomic mass is 10.0. The average Bonchev–Trinajstić information content (AvgIpc) is 3.10. The highest BCUT2D eigenvalue weighted by molar-refractivity contribution is 5.94. The number of halogens is 1. The molecule has 3 rings (SSSR count). The van der Waals surface area contributed by atoms with Crippen molar-refractivity contribution >= 4 is 11.8 Å². The van der Waals surface area contributed by atoms with E-state index in [-0.39, 0.29) is 29.5 Å². The van der Waals surface area contributed by atoms with E-state index in [0.717, 1.165) is 19.4 Å². The summed E-state index contributed by atoms with van der Waals surface area (Å²) in [5, 5.41) is 6.24. The summed E-state index contributed by atoms with van der Waals surface area (Å²) in [5.74, 6) is -0.702. The van der Waals surface area contributed by atoms with Crippen LogP contribution in [0.4, 0.5) is 4.39 Å². The van der Waals surface area contributed by atoms with E-state index in [2.05, 4.69) is 10.6 Å². The van der Waals surface area contributed by atoms with Crippen LogP contribution in [0, 0.1) is 5.82 Å². The molecule has 0 spiro atoms. The lowest BCUT2D eigenvalue weighted by molar-refractivity contribution is -0.123. The molecular formula is C17H22FN3O2. The van der Waals surface area contributed by atoms with Crippen LogP contribution in [-0.2, 0) is 4.79 Å². The van der Waals surface area contributed by atoms with Gasteiger partial charge < -0.3 is 15.5 Å². The molecule has 2 amide bonds. The van der Waals surface area contributed by atoms with E-state index in [1.54, 1.807) is 17.0 Å². The van der Waals surface area contributed by atoms with Crippen molar-refractivity contribution in [2.24, 2.45) is 0 Å². The van der Waals surface area contributed by atoms with Crippen LogP contribution in [0.5, 0.6) is 0 Å². The molecule has 1 aromatic rings. The highest BCUT2D eigenvalue weighted by Gasteiger charge is 2.28. The van der Waals surface area contributed by atoms with Crippen LogP contribution in [0.15, 0.2) is 24.3 Å². The molecule has 1 aromatic carbocycles. The van der Waals surface area contributed by atoms with Crippen molar-refractivity contribution in [1.82, 2.24) is 15.5 Å². The van der Waals surface area contributed by atoms with Crippen LogP contribution in [0.25, 0.3) is 0 Å². The second kappa shape index (κ2) is 7.08. The Balaban J connectivity index is 1.51. The summed E-state index contributed by atoms with van der Waals surface area (Å²) in [6.45, 7) is 1.97. The van der Waals surface area contributed by atoms with Gasteiger partial charge in [0.25, 0.3) is 5.91 Å². The molecule has 0 aliphatic carbocycles. The second-order valence-corrected chi connectivity index (χ2v) is 6.20. The lowest BCUT2D eigenvalue weighted by Gasteiger charge is -2.33. The fourth-order valence-corrected chi connectivity index (χ4v) is 3.24. The number of hydrogen-bond acceptors (Lipinski definition) is 3. The molecule has 0 bridgehead atoms. The topological polar surface area (TPSA) is 61.4 Å². The number of likely N-dealkylation sites (tertiary alicyclic amines) is 1. The van der Waals surface area contributed by atoms with Gasteiger partial charge in [-0.15, -0.1) is 0 Å². The van der Waals surface area contributed by atoms with Gasteiger partial charge in [-0.2, -0.15) is 0 Å². The minimum absolute atomic E-state index is 0.0568. The Labute approximate surface area is 135 Å². The predicted molar refractivity (Wildman–Crippen MR) is 84.5 cm³/mol. The van der Waals surface area contributed by atoms with Gasteiger partial charge >= 0.3 is 0 Å². The maximum Gasteiger partial charge on any atom is 0.256 e. The second-order valence-electron chi connectivity index (χ2n) is 6.20. The summed E-state index contributed by atoms with van der Waals surface area (Å²) in [5.41, 5.74) is 0.116. The highest BCUT2D eigenvalue weighted by atomic mass is 19.1. The Kier molecular flexibility index (Phi) is 4.91. The molecule has 0 aromatic heterocycles. The van der Waals surface area contributed by atoms with Crippen molar-refractivity contribution in [1.29, 1.82) is 0 Å². The van der Waals surface area contributed by atoms with Crippen molar-refractivity contribution in [2.75, 3.05) is 19.6 Å². The Hall–Kier alpha value is -1.95. The molecule has 2 fully saturated rings. The largest absolute Gasteiger partial charge is 0.352 e. The van der Waals surface area contributed by atoms with E-state index in [4.69, 9.17) is 0 Å². The molecule has 1 atom stereocenters. The number of carbonyl (C=O) groups excluding carboxylic acids is 2. The molecule has 2 aliphatic heterocycles. The minimum Gasteiger partial charge on any atom is -0.352 e. The zero-order chi connectivity index (χ0) is 16.2. The SMILES string of the molecule is O=C(NC1CCN(C(=O)c2ccccc2F)CC1)C1CCCN1. The van der Waals surface area contributed by atoms with Crippen LogP contribution < -0.4 is 10.6 Å². The fraction of sp³-hybridized carbons (Fsp3) is 0.529. The molecule has 2 N–H and O–H groups in total. The van der Waals surface area contributed by atoms with Gasteiger partial charge in [-0.1, -0.05) is 12.1 Å². The van der Waals surface area contributed by atoms with Crippen molar-refractivity contribution in [3.05, 3.63) is 35.6 Å². The van der Waals surface area contributed by atoms with Gasteiger partial charge in [-0.3, -0.25) is 9.59 Å². The number of rotatable bonds is 3. The Morgan fingerprint density at radius 3 is 2.57 bits per heavy atom. The van der Waals surface area contributed by atoms with Crippen LogP contribution in [-0.4, -0.2) is 48.4 Å². The molecule has 6 heteroatoms. The summed E-state index contributed by atoms with van der Waals surface area (Å²) in [4.78, 5) is 26.1. The molecule has 0 saturated carbocycles. The Morgan fingerprint density at radius 1 is 1.17 bits per heavy atom. The number of benzene rings is 1. The summed E-state index contributed by atoms with van der Waals surface area (Å²) >= 11 is 0. The van der Waals surface area contributed by atoms with Crippen molar-refractivity contribution in [2.45, 2.75) is 37.8 Å². The molecule has 23 heavy (non-hydrogen) atoms. The molecular weight excluding hydrogens is 297 g/mol. The minimum atomic E-state index is -0.486. The number of nitrogens with zero attached hydrogens (tertiary/aromatic N) is 1. The lowest BCUT2D eigenvalue weighted by Crippen LogP contribution is -2.50. The molecule has 1 unspecified atom stereocenters. The molecule has 2 aliphatic rings. The monoisotopic (exact) mass is 319 g/mol. The highest BCUT2D eigenvalue weighted by Crippen LogP contribution is 2.16. The Bertz CT molecular complexity index is 579. The van der Waals surface area contributed by atoms with Gasteiger partial charge in [0.15, 0.2) is 0 Å². The van der Waals surface area contributed by atoms with E-state index in [0.29, 0.717) is 25.9 Å². The number of piperidine rings is 1. The molecule has 0 radical (unpaired) electrons. The smallest absolute Gasteiger partial charge is 0.256 e. The van der Waals surface area contributed by atoms with E-state index in [1.165, 1.54) is 12.1 Å². The van der Waals surface area contributed by atoms with E-state index >= 15 is 0 Å². The summed E-state index contributed by atoms with van der Waals surface area (Å²) in [6, 6.07) is 6.07. The van der Waals surface area contributed by atoms with Gasteiger partial charge in [0.05, 0.1) is 11.6 Å². The normalized spacial score (nSPS) is 22.1. The third-order valence-corrected chi connectivity index (χ3v) is 4.61. The number of hydrogen-bond donors (Lipinski definition) is 2. The van der Waals surface area contributed by atoms with Crippen molar-refractivity contribution in [3.8, 4) is 0 Å². The van der Waals surface area contributed by atoms with E-state index in [1.807, 2.05) is 0 Å². The summed E-state index contributed by atoms with van der Waals surface area (Å²) < 4.78 is 13.7. The van der Waals surface area contributed by atoms with E-state index < -0.39 is 5.82 Å². The number of nitrogens with one attached hydrogen (secondary N) is 2. The van der Waals surface area contributed by atoms with Crippen LogP contribution in [0.3, 0.4) is 0 Å². The first kappa shape index (κ1) is 15.9. The van der Waals surface area contributed by atoms with Gasteiger partial charge in [0, 0.05) is 19.1 Å². The summed E-state index contributed by atoms with van der Waals surface area (Å²) in [7, 11) is 0. The molecule has 2 saturated heterocycles. The van der Waals surface area contributed by atoms with Crippen molar-refractivity contribution < 1.29 is 14.0 Å². The van der Waals surface area contributed by atoms with E-state index in [9.17, 15) is 14.0 Å². The van der Waals surface area contributed by atoms with Gasteiger partial charge in [-0.25, -0.2) is 4.39 Å². The van der Waals surface area contributed by atoms with Gasteiger partial charge in [0.2, 0.25) is 5.91 Å². The first-order valence-electron chi connectivity index (χ1n) is 8.22. The molecule has 5 nitrogen and oxygen atoms in total. The fourth-order valence-electron chi connectivity index (χ4n) is 3.24. The van der Waals surface area contributed by atoms with Crippen LogP contribution in [0.2, 0.25) is 0 Å². The van der Waals surface area contributed by atoms with Gasteiger partial charge in [0.1, 0.15) is 5.82 Å². The standard InChI is InChI=1S/C17H22FN3O2/c18-14-5-2-1-4-13(14)17(23)21-10-7-12(8-11-21)20-16(22)15-6-3-9-19-15/h1-2,4-5,12,15,19H,3,6-11H2,(H,20,22). The zero-order valence-corrected chi connectivity index (χ0v) is 13.1. The van der Waals surface area contributed by atoms with Crippen LogP contribution in [0.1, 0.15) is 36.0 Å². The number of amides is 2. The molecule has 2 heterocycles. The Morgan fingerprint density at radius 2 is 1.91 bits per heavy atom. The predicted octanol–water partition coefficient (Wildman–Crippen LogP) is 1.30. The first-order valence-corrected chi connectivity index (χ1v) is 8.22. The first-order chi connectivity index (χ1) is 11.1. The third-order valence-electron chi connectivity index (χ3n) is 4.61. The maximum atomic E-state index is 13.7. The zero-order valence-electron chi connectivity index (χ0n) is 13.1. The average molecular weight is 319 g/mol. The van der Waals surface area contributed by atoms with Crippen LogP contribution >= 0.6 is 0 Å². The summed E-state index contributed by atoms with van der Waals surface area (Å²) in [6.07, 6.45) is 3.33. The maximum absolute atomic E-state index is 13.7. The quantitative estimate of drug-likeness (QED) is 0.883. The number of carbonyl (C=O) groups is 2. The van der Waals surface area contributed by atoms with Gasteiger partial charge in [-0.05, 0) is 44.4 Å². The van der Waals surface area contributed by atoms with Crippen molar-refractivity contribution in [3.63, 3.8) is 0 Å². The third kappa shape index (κ3) is 3.69. The molecule has 124 valence electrons.